The lowest BCUT2D eigenvalue weighted by atomic mass is 9.97. The summed E-state index contributed by atoms with van der Waals surface area (Å²) in [5.74, 6) is -2.35. The van der Waals surface area contributed by atoms with E-state index in [1.807, 2.05) is 20.8 Å². The molecule has 0 saturated carbocycles. The molecular formula is C25H25ClFN5O5S. The van der Waals surface area contributed by atoms with Gasteiger partial charge in [-0.25, -0.2) is 12.8 Å². The third kappa shape index (κ3) is 5.62. The minimum absolute atomic E-state index is 0.00985. The van der Waals surface area contributed by atoms with Crippen LogP contribution in [0.4, 0.5) is 10.1 Å². The van der Waals surface area contributed by atoms with Gasteiger partial charge in [-0.15, -0.1) is 10.2 Å². The molecule has 1 aromatic heterocycles. The molecule has 0 unspecified atom stereocenters. The molecule has 1 aliphatic rings. The van der Waals surface area contributed by atoms with E-state index in [0.29, 0.717) is 16.0 Å². The first-order valence-electron chi connectivity index (χ1n) is 11.5. The van der Waals surface area contributed by atoms with Crippen LogP contribution in [0.2, 0.25) is 5.02 Å². The Morgan fingerprint density at radius 3 is 2.47 bits per heavy atom. The average Bonchev–Trinajstić information content (AvgIpc) is 3.31. The summed E-state index contributed by atoms with van der Waals surface area (Å²) >= 11 is 5.99. The highest BCUT2D eigenvalue weighted by atomic mass is 35.5. The summed E-state index contributed by atoms with van der Waals surface area (Å²) in [6.45, 7) is 5.38. The van der Waals surface area contributed by atoms with E-state index in [9.17, 15) is 18.0 Å². The van der Waals surface area contributed by atoms with E-state index in [1.165, 1.54) is 6.07 Å². The molecule has 0 aliphatic carbocycles. The van der Waals surface area contributed by atoms with Crippen LogP contribution in [0.1, 0.15) is 38.6 Å². The molecule has 0 spiro atoms. The highest BCUT2D eigenvalue weighted by molar-refractivity contribution is 7.94. The van der Waals surface area contributed by atoms with E-state index in [1.54, 1.807) is 24.3 Å². The van der Waals surface area contributed by atoms with Gasteiger partial charge >= 0.3 is 0 Å². The van der Waals surface area contributed by atoms with Crippen molar-refractivity contribution in [3.8, 4) is 11.5 Å². The van der Waals surface area contributed by atoms with E-state index < -0.39 is 43.5 Å². The molecule has 10 nitrogen and oxygen atoms in total. The number of carbonyl (C=O) groups excluding carboxylic acids is 2. The predicted octanol–water partition coefficient (Wildman–Crippen LogP) is 3.45. The first kappa shape index (κ1) is 27.4. The Balaban J connectivity index is 1.90. The van der Waals surface area contributed by atoms with Gasteiger partial charge in [0.1, 0.15) is 11.5 Å². The summed E-state index contributed by atoms with van der Waals surface area (Å²) in [6.07, 6.45) is -0.138. The maximum atomic E-state index is 15.3. The van der Waals surface area contributed by atoms with Gasteiger partial charge in [-0.05, 0) is 29.8 Å². The third-order valence-electron chi connectivity index (χ3n) is 5.59. The van der Waals surface area contributed by atoms with Crippen molar-refractivity contribution in [1.29, 1.82) is 0 Å². The van der Waals surface area contributed by atoms with Crippen LogP contribution in [-0.2, 0) is 31.4 Å². The molecule has 0 radical (unpaired) electrons. The third-order valence-corrected chi connectivity index (χ3v) is 7.33. The van der Waals surface area contributed by atoms with Crippen molar-refractivity contribution in [1.82, 2.24) is 15.5 Å². The number of aromatic nitrogens is 2. The standard InChI is InChI=1S/C25H25ClFN5O5S/c1-25(2,3)24-31-30-22(37-24)16-10-19-20(11-17(16)27)38(35,36)13-18(29-21(33)8-9-28)23(34)32(19)12-14-4-6-15(26)7-5-14/h4-7,10-11,13H,8-9,12,28H2,1-3H3,(H,29,33). The smallest absolute Gasteiger partial charge is 0.275 e. The average molecular weight is 562 g/mol. The van der Waals surface area contributed by atoms with Crippen LogP contribution in [-0.4, -0.2) is 37.0 Å². The van der Waals surface area contributed by atoms with Gasteiger partial charge in [0, 0.05) is 23.4 Å². The van der Waals surface area contributed by atoms with E-state index in [2.05, 4.69) is 15.5 Å². The number of hydrogen-bond donors (Lipinski definition) is 2. The van der Waals surface area contributed by atoms with Crippen LogP contribution in [0.25, 0.3) is 11.5 Å². The van der Waals surface area contributed by atoms with Crippen LogP contribution < -0.4 is 16.0 Å². The molecular weight excluding hydrogens is 537 g/mol. The van der Waals surface area contributed by atoms with E-state index in [4.69, 9.17) is 21.8 Å². The van der Waals surface area contributed by atoms with E-state index >= 15 is 4.39 Å². The van der Waals surface area contributed by atoms with Gasteiger partial charge in [-0.2, -0.15) is 0 Å². The Morgan fingerprint density at radius 1 is 1.18 bits per heavy atom. The molecule has 0 atom stereocenters. The molecule has 2 aromatic carbocycles. The number of nitrogens with zero attached hydrogens (tertiary/aromatic N) is 3. The lowest BCUT2D eigenvalue weighted by molar-refractivity contribution is -0.122. The van der Waals surface area contributed by atoms with Gasteiger partial charge in [0.15, 0.2) is 0 Å². The summed E-state index contributed by atoms with van der Waals surface area (Å²) in [7, 11) is -4.39. The van der Waals surface area contributed by atoms with Crippen molar-refractivity contribution in [2.24, 2.45) is 5.73 Å². The molecule has 200 valence electrons. The van der Waals surface area contributed by atoms with Gasteiger partial charge in [0.2, 0.25) is 21.6 Å². The maximum absolute atomic E-state index is 15.3. The molecule has 2 amide bonds. The summed E-state index contributed by atoms with van der Waals surface area (Å²) in [6, 6.07) is 8.50. The number of carbonyl (C=O) groups is 2. The second-order valence-corrected chi connectivity index (χ2v) is 11.8. The molecule has 0 saturated heterocycles. The Labute approximate surface area is 223 Å². The van der Waals surface area contributed by atoms with Gasteiger partial charge in [-0.1, -0.05) is 44.5 Å². The number of rotatable bonds is 6. The van der Waals surface area contributed by atoms with Crippen molar-refractivity contribution < 1.29 is 26.8 Å². The molecule has 2 heterocycles. The number of benzene rings is 2. The number of sulfone groups is 1. The predicted molar refractivity (Wildman–Crippen MR) is 138 cm³/mol. The van der Waals surface area contributed by atoms with Crippen molar-refractivity contribution in [3.63, 3.8) is 0 Å². The Bertz CT molecular complexity index is 1550. The first-order chi connectivity index (χ1) is 17.8. The Kier molecular flexibility index (Phi) is 7.42. The summed E-state index contributed by atoms with van der Waals surface area (Å²) < 4.78 is 47.6. The monoisotopic (exact) mass is 561 g/mol. The first-order valence-corrected chi connectivity index (χ1v) is 13.4. The molecule has 13 heteroatoms. The van der Waals surface area contributed by atoms with Crippen LogP contribution in [0.3, 0.4) is 0 Å². The van der Waals surface area contributed by atoms with Crippen LogP contribution in [0.5, 0.6) is 0 Å². The van der Waals surface area contributed by atoms with Crippen molar-refractivity contribution >= 4 is 38.9 Å². The van der Waals surface area contributed by atoms with Crippen molar-refractivity contribution in [2.45, 2.75) is 44.0 Å². The number of fused-ring (bicyclic) bond motifs is 1. The zero-order valence-corrected chi connectivity index (χ0v) is 22.4. The number of nitrogens with one attached hydrogen (secondary N) is 1. The molecule has 3 N–H and O–H groups in total. The number of anilines is 1. The van der Waals surface area contributed by atoms with Crippen molar-refractivity contribution in [2.75, 3.05) is 11.4 Å². The van der Waals surface area contributed by atoms with Crippen LogP contribution >= 0.6 is 11.6 Å². The quantitative estimate of drug-likeness (QED) is 0.465. The number of nitrogens with two attached hydrogens (primary N) is 1. The molecule has 0 bridgehead atoms. The zero-order chi connectivity index (χ0) is 27.8. The van der Waals surface area contributed by atoms with Gasteiger partial charge in [0.05, 0.1) is 28.1 Å². The maximum Gasteiger partial charge on any atom is 0.275 e. The second-order valence-electron chi connectivity index (χ2n) is 9.64. The molecule has 0 fully saturated rings. The fourth-order valence-electron chi connectivity index (χ4n) is 3.66. The lowest BCUT2D eigenvalue weighted by Gasteiger charge is -2.24. The minimum atomic E-state index is -4.39. The van der Waals surface area contributed by atoms with Gasteiger partial charge in [0.25, 0.3) is 11.8 Å². The zero-order valence-electron chi connectivity index (χ0n) is 20.8. The van der Waals surface area contributed by atoms with Gasteiger partial charge in [-0.3, -0.25) is 9.59 Å². The van der Waals surface area contributed by atoms with Crippen LogP contribution in [0, 0.1) is 5.82 Å². The number of amides is 2. The summed E-state index contributed by atoms with van der Waals surface area (Å²) in [5.41, 5.74) is 4.68. The Morgan fingerprint density at radius 2 is 1.87 bits per heavy atom. The number of halogens is 2. The summed E-state index contributed by atoms with van der Waals surface area (Å²) in [4.78, 5) is 26.5. The normalized spacial score (nSPS) is 15.1. The SMILES string of the molecule is CC(C)(C)c1nnc(-c2cc3c(cc2F)S(=O)(=O)C=C(NC(=O)CCN)C(=O)N3Cc2ccc(Cl)cc2)o1. The topological polar surface area (TPSA) is 148 Å². The fraction of sp³-hybridized carbons (Fsp3) is 0.280. The number of hydrogen-bond acceptors (Lipinski definition) is 8. The van der Waals surface area contributed by atoms with E-state index in [-0.39, 0.29) is 42.5 Å². The second kappa shape index (κ2) is 10.3. The molecule has 4 rings (SSSR count). The highest BCUT2D eigenvalue weighted by Gasteiger charge is 2.35. The molecule has 1 aliphatic heterocycles. The largest absolute Gasteiger partial charge is 0.420 e. The Hall–Kier alpha value is -3.61. The molecule has 38 heavy (non-hydrogen) atoms. The minimum Gasteiger partial charge on any atom is -0.420 e. The van der Waals surface area contributed by atoms with Crippen LogP contribution in [0.15, 0.2) is 56.8 Å². The van der Waals surface area contributed by atoms with Gasteiger partial charge < -0.3 is 20.4 Å². The summed E-state index contributed by atoms with van der Waals surface area (Å²) in [5, 5.41) is 11.3. The lowest BCUT2D eigenvalue weighted by Crippen LogP contribution is -2.38. The van der Waals surface area contributed by atoms with Crippen molar-refractivity contribution in [3.05, 3.63) is 69.8 Å². The van der Waals surface area contributed by atoms with E-state index in [0.717, 1.165) is 11.0 Å². The highest BCUT2D eigenvalue weighted by Crippen LogP contribution is 2.38. The molecule has 3 aromatic rings. The fourth-order valence-corrected chi connectivity index (χ4v) is 5.11.